The van der Waals surface area contributed by atoms with Crippen molar-refractivity contribution in [2.45, 2.75) is 26.7 Å². The van der Waals surface area contributed by atoms with Gasteiger partial charge in [-0.05, 0) is 49.7 Å². The van der Waals surface area contributed by atoms with E-state index in [0.29, 0.717) is 19.0 Å². The van der Waals surface area contributed by atoms with Gasteiger partial charge in [0.1, 0.15) is 11.6 Å². The molecule has 1 aromatic carbocycles. The number of amides is 2. The summed E-state index contributed by atoms with van der Waals surface area (Å²) in [5.41, 5.74) is 1.61. The molecule has 0 aliphatic carbocycles. The van der Waals surface area contributed by atoms with Crippen molar-refractivity contribution < 1.29 is 14.3 Å². The van der Waals surface area contributed by atoms with Crippen LogP contribution < -0.4 is 15.0 Å². The monoisotopic (exact) mass is 353 g/mol. The van der Waals surface area contributed by atoms with Crippen LogP contribution in [0.1, 0.15) is 25.5 Å². The fourth-order valence-electron chi connectivity index (χ4n) is 2.92. The van der Waals surface area contributed by atoms with Gasteiger partial charge in [-0.1, -0.05) is 13.0 Å². The summed E-state index contributed by atoms with van der Waals surface area (Å²) >= 11 is 0. The van der Waals surface area contributed by atoms with E-state index in [1.807, 2.05) is 43.3 Å². The Morgan fingerprint density at radius 1 is 1.27 bits per heavy atom. The van der Waals surface area contributed by atoms with Crippen molar-refractivity contribution >= 4 is 23.3 Å². The van der Waals surface area contributed by atoms with E-state index in [2.05, 4.69) is 17.2 Å². The molecule has 1 aromatic heterocycles. The van der Waals surface area contributed by atoms with Gasteiger partial charge in [0.2, 0.25) is 11.8 Å². The third-order valence-electron chi connectivity index (χ3n) is 4.26. The first-order valence-corrected chi connectivity index (χ1v) is 8.84. The molecule has 0 bridgehead atoms. The molecule has 0 saturated carbocycles. The number of rotatable bonds is 6. The third-order valence-corrected chi connectivity index (χ3v) is 4.26. The molecule has 1 N–H and O–H groups in total. The number of nitrogens with zero attached hydrogens (tertiary/aromatic N) is 2. The van der Waals surface area contributed by atoms with E-state index < -0.39 is 0 Å². The van der Waals surface area contributed by atoms with Crippen molar-refractivity contribution in [1.82, 2.24) is 4.98 Å². The zero-order valence-electron chi connectivity index (χ0n) is 15.1. The van der Waals surface area contributed by atoms with Crippen LogP contribution in [-0.4, -0.2) is 29.9 Å². The minimum absolute atomic E-state index is 0.0513. The first kappa shape index (κ1) is 17.9. The van der Waals surface area contributed by atoms with E-state index in [9.17, 15) is 9.59 Å². The number of aryl methyl sites for hydroxylation is 1. The number of carbonyl (C=O) groups excluding carboxylic acids is 2. The molecule has 0 radical (unpaired) electrons. The smallest absolute Gasteiger partial charge is 0.230 e. The Morgan fingerprint density at radius 2 is 2.04 bits per heavy atom. The second-order valence-electron chi connectivity index (χ2n) is 6.40. The van der Waals surface area contributed by atoms with Gasteiger partial charge in [0.05, 0.1) is 12.5 Å². The molecule has 1 saturated heterocycles. The number of nitrogens with one attached hydrogen (secondary N) is 1. The number of hydrogen-bond acceptors (Lipinski definition) is 4. The number of benzene rings is 1. The average molecular weight is 353 g/mol. The SMILES string of the molecule is CCCOc1ccc(N2CC(C(=O)Nc3cccc(C)n3)CC2=O)cc1. The van der Waals surface area contributed by atoms with Gasteiger partial charge in [0.15, 0.2) is 0 Å². The lowest BCUT2D eigenvalue weighted by atomic mass is 10.1. The predicted octanol–water partition coefficient (Wildman–Crippen LogP) is 3.17. The Morgan fingerprint density at radius 3 is 2.73 bits per heavy atom. The first-order chi connectivity index (χ1) is 12.6. The van der Waals surface area contributed by atoms with Crippen LogP contribution in [0.15, 0.2) is 42.5 Å². The van der Waals surface area contributed by atoms with Crippen molar-refractivity contribution in [1.29, 1.82) is 0 Å². The van der Waals surface area contributed by atoms with Crippen LogP contribution in [0.4, 0.5) is 11.5 Å². The summed E-state index contributed by atoms with van der Waals surface area (Å²) < 4.78 is 5.56. The molecule has 6 nitrogen and oxygen atoms in total. The zero-order chi connectivity index (χ0) is 18.5. The highest BCUT2D eigenvalue weighted by molar-refractivity contribution is 6.03. The Hall–Kier alpha value is -2.89. The van der Waals surface area contributed by atoms with E-state index in [1.165, 1.54) is 0 Å². The molecule has 3 rings (SSSR count). The van der Waals surface area contributed by atoms with E-state index in [4.69, 9.17) is 4.74 Å². The number of aromatic nitrogens is 1. The van der Waals surface area contributed by atoms with Crippen LogP contribution in [0.3, 0.4) is 0 Å². The highest BCUT2D eigenvalue weighted by Gasteiger charge is 2.35. The Bertz CT molecular complexity index is 789. The van der Waals surface area contributed by atoms with Gasteiger partial charge in [-0.2, -0.15) is 0 Å². The van der Waals surface area contributed by atoms with Crippen LogP contribution >= 0.6 is 0 Å². The molecule has 1 unspecified atom stereocenters. The van der Waals surface area contributed by atoms with Crippen molar-refractivity contribution in [2.24, 2.45) is 5.92 Å². The van der Waals surface area contributed by atoms with E-state index in [-0.39, 0.29) is 24.2 Å². The molecule has 1 aliphatic heterocycles. The fraction of sp³-hybridized carbons (Fsp3) is 0.350. The summed E-state index contributed by atoms with van der Waals surface area (Å²) in [6.07, 6.45) is 1.14. The molecule has 1 aliphatic rings. The molecule has 26 heavy (non-hydrogen) atoms. The molecule has 2 aromatic rings. The fourth-order valence-corrected chi connectivity index (χ4v) is 2.92. The summed E-state index contributed by atoms with van der Waals surface area (Å²) in [6, 6.07) is 12.9. The number of anilines is 2. The molecule has 6 heteroatoms. The molecule has 2 amide bonds. The molecular weight excluding hydrogens is 330 g/mol. The quantitative estimate of drug-likeness (QED) is 0.866. The lowest BCUT2D eigenvalue weighted by Crippen LogP contribution is -2.28. The number of hydrogen-bond donors (Lipinski definition) is 1. The van der Waals surface area contributed by atoms with Crippen molar-refractivity contribution in [3.05, 3.63) is 48.2 Å². The number of ether oxygens (including phenoxy) is 1. The van der Waals surface area contributed by atoms with Crippen LogP contribution in [0.2, 0.25) is 0 Å². The van der Waals surface area contributed by atoms with Crippen molar-refractivity contribution in [2.75, 3.05) is 23.4 Å². The minimum Gasteiger partial charge on any atom is -0.494 e. The molecule has 1 fully saturated rings. The minimum atomic E-state index is -0.388. The number of carbonyl (C=O) groups is 2. The van der Waals surface area contributed by atoms with E-state index in [1.54, 1.807) is 11.0 Å². The van der Waals surface area contributed by atoms with Crippen molar-refractivity contribution in [3.8, 4) is 5.75 Å². The van der Waals surface area contributed by atoms with Gasteiger partial charge < -0.3 is 15.0 Å². The van der Waals surface area contributed by atoms with Gasteiger partial charge in [0, 0.05) is 24.3 Å². The zero-order valence-corrected chi connectivity index (χ0v) is 15.1. The van der Waals surface area contributed by atoms with Crippen LogP contribution in [-0.2, 0) is 9.59 Å². The largest absolute Gasteiger partial charge is 0.494 e. The summed E-state index contributed by atoms with van der Waals surface area (Å²) in [6.45, 7) is 4.95. The van der Waals surface area contributed by atoms with Gasteiger partial charge in [-0.25, -0.2) is 4.98 Å². The van der Waals surface area contributed by atoms with Crippen LogP contribution in [0.25, 0.3) is 0 Å². The lowest BCUT2D eigenvalue weighted by Gasteiger charge is -2.17. The highest BCUT2D eigenvalue weighted by atomic mass is 16.5. The summed E-state index contributed by atoms with van der Waals surface area (Å²) in [4.78, 5) is 30.7. The van der Waals surface area contributed by atoms with Gasteiger partial charge in [-0.15, -0.1) is 0 Å². The average Bonchev–Trinajstić information content (AvgIpc) is 3.02. The van der Waals surface area contributed by atoms with E-state index in [0.717, 1.165) is 23.6 Å². The Kier molecular flexibility index (Phi) is 5.51. The van der Waals surface area contributed by atoms with Gasteiger partial charge in [-0.3, -0.25) is 9.59 Å². The maximum absolute atomic E-state index is 12.5. The predicted molar refractivity (Wildman–Crippen MR) is 100 cm³/mol. The molecule has 2 heterocycles. The number of pyridine rings is 1. The second kappa shape index (κ2) is 7.99. The molecular formula is C20H23N3O3. The Balaban J connectivity index is 1.63. The molecule has 0 spiro atoms. The van der Waals surface area contributed by atoms with Crippen molar-refractivity contribution in [3.63, 3.8) is 0 Å². The standard InChI is InChI=1S/C20H23N3O3/c1-3-11-26-17-9-7-16(8-10-17)23-13-15(12-19(23)24)20(25)22-18-6-4-5-14(2)21-18/h4-10,15H,3,11-13H2,1-2H3,(H,21,22,25). The lowest BCUT2D eigenvalue weighted by molar-refractivity contribution is -0.122. The summed E-state index contributed by atoms with van der Waals surface area (Å²) in [5, 5.41) is 2.80. The summed E-state index contributed by atoms with van der Waals surface area (Å²) in [7, 11) is 0. The van der Waals surface area contributed by atoms with Crippen LogP contribution in [0, 0.1) is 12.8 Å². The Labute approximate surface area is 153 Å². The highest BCUT2D eigenvalue weighted by Crippen LogP contribution is 2.27. The maximum atomic E-state index is 12.5. The van der Waals surface area contributed by atoms with Gasteiger partial charge in [0.25, 0.3) is 0 Å². The topological polar surface area (TPSA) is 71.5 Å². The van der Waals surface area contributed by atoms with Gasteiger partial charge >= 0.3 is 0 Å². The maximum Gasteiger partial charge on any atom is 0.230 e. The first-order valence-electron chi connectivity index (χ1n) is 8.84. The normalized spacial score (nSPS) is 16.6. The third kappa shape index (κ3) is 4.20. The summed E-state index contributed by atoms with van der Waals surface area (Å²) in [5.74, 6) is 0.674. The van der Waals surface area contributed by atoms with Crippen LogP contribution in [0.5, 0.6) is 5.75 Å². The second-order valence-corrected chi connectivity index (χ2v) is 6.40. The molecule has 136 valence electrons. The molecule has 1 atom stereocenters. The van der Waals surface area contributed by atoms with E-state index >= 15 is 0 Å².